The van der Waals surface area contributed by atoms with Gasteiger partial charge in [0.2, 0.25) is 5.95 Å². The topological polar surface area (TPSA) is 64.2 Å². The summed E-state index contributed by atoms with van der Waals surface area (Å²) in [6, 6.07) is 0. The van der Waals surface area contributed by atoms with Crippen LogP contribution in [0.25, 0.3) is 0 Å². The molecular formula is C21H31N7. The second-order valence-corrected chi connectivity index (χ2v) is 8.79. The Labute approximate surface area is 167 Å². The van der Waals surface area contributed by atoms with E-state index in [2.05, 4.69) is 21.8 Å². The van der Waals surface area contributed by atoms with Crippen LogP contribution in [0.4, 0.5) is 11.8 Å². The smallest absolute Gasteiger partial charge is 0.227 e. The summed E-state index contributed by atoms with van der Waals surface area (Å²) < 4.78 is 0. The number of hydrogen-bond donors (Lipinski definition) is 1. The summed E-state index contributed by atoms with van der Waals surface area (Å²) in [4.78, 5) is 25.1. The average molecular weight is 382 g/mol. The fourth-order valence-corrected chi connectivity index (χ4v) is 5.32. The summed E-state index contributed by atoms with van der Waals surface area (Å²) in [6.07, 6.45) is 9.83. The van der Waals surface area contributed by atoms with Crippen molar-refractivity contribution in [3.05, 3.63) is 29.0 Å². The van der Waals surface area contributed by atoms with Crippen molar-refractivity contribution in [2.75, 3.05) is 50.6 Å². The quantitative estimate of drug-likeness (QED) is 0.860. The summed E-state index contributed by atoms with van der Waals surface area (Å²) in [5.74, 6) is 2.03. The highest BCUT2D eigenvalue weighted by Gasteiger charge is 2.45. The molecule has 7 nitrogen and oxygen atoms in total. The van der Waals surface area contributed by atoms with E-state index < -0.39 is 0 Å². The lowest BCUT2D eigenvalue weighted by atomic mass is 9.79. The van der Waals surface area contributed by atoms with Crippen molar-refractivity contribution >= 4 is 11.8 Å². The maximum atomic E-state index is 5.00. The minimum Gasteiger partial charge on any atom is -0.356 e. The maximum Gasteiger partial charge on any atom is 0.227 e. The van der Waals surface area contributed by atoms with Gasteiger partial charge in [-0.05, 0) is 45.6 Å². The second-order valence-electron chi connectivity index (χ2n) is 8.79. The molecule has 0 amide bonds. The summed E-state index contributed by atoms with van der Waals surface area (Å²) >= 11 is 0. The molecule has 1 aliphatic carbocycles. The number of piperidine rings is 1. The highest BCUT2D eigenvalue weighted by Crippen LogP contribution is 2.42. The van der Waals surface area contributed by atoms with Gasteiger partial charge in [0.1, 0.15) is 5.82 Å². The van der Waals surface area contributed by atoms with E-state index >= 15 is 0 Å². The molecule has 0 aromatic carbocycles. The van der Waals surface area contributed by atoms with Gasteiger partial charge in [0.15, 0.2) is 0 Å². The number of aryl methyl sites for hydroxylation is 1. The van der Waals surface area contributed by atoms with Crippen LogP contribution < -0.4 is 9.80 Å². The Hall–Kier alpha value is -2.15. The zero-order chi connectivity index (χ0) is 19.3. The maximum absolute atomic E-state index is 5.00. The molecule has 4 heterocycles. The predicted molar refractivity (Wildman–Crippen MR) is 111 cm³/mol. The molecule has 0 radical (unpaired) electrons. The minimum atomic E-state index is 0.0710. The third-order valence-corrected chi connectivity index (χ3v) is 7.03. The van der Waals surface area contributed by atoms with Crippen molar-refractivity contribution in [3.8, 4) is 0 Å². The lowest BCUT2D eigenvalue weighted by Crippen LogP contribution is -2.55. The number of rotatable bonds is 2. The SMILES string of the molecule is CN(C)c1nc2c(c(N3CCC4(CC3)c3nc[nH]c3CCN4C)n1)CCCC2. The first-order chi connectivity index (χ1) is 13.6. The molecule has 28 heavy (non-hydrogen) atoms. The molecule has 1 saturated heterocycles. The second kappa shape index (κ2) is 6.72. The van der Waals surface area contributed by atoms with Gasteiger partial charge in [-0.2, -0.15) is 4.98 Å². The van der Waals surface area contributed by atoms with Crippen LogP contribution in [-0.2, 0) is 24.8 Å². The van der Waals surface area contributed by atoms with Gasteiger partial charge < -0.3 is 14.8 Å². The number of nitrogens with zero attached hydrogens (tertiary/aromatic N) is 6. The Morgan fingerprint density at radius 2 is 1.82 bits per heavy atom. The normalized spacial score (nSPS) is 21.5. The molecule has 0 atom stereocenters. The van der Waals surface area contributed by atoms with E-state index in [9.17, 15) is 0 Å². The standard InChI is InChI=1S/C21H31N7/c1-26(2)20-24-16-7-5-4-6-15(16)19(25-20)28-12-9-21(10-13-28)18-17(22-14-23-18)8-11-27(21)3/h14H,4-13H2,1-3H3,(H,22,23). The molecule has 5 rings (SSSR count). The molecule has 2 aromatic rings. The van der Waals surface area contributed by atoms with Gasteiger partial charge in [0, 0.05) is 51.4 Å². The van der Waals surface area contributed by atoms with Gasteiger partial charge in [0.05, 0.1) is 23.3 Å². The summed E-state index contributed by atoms with van der Waals surface area (Å²) in [5.41, 5.74) is 5.34. The molecule has 3 aliphatic rings. The lowest BCUT2D eigenvalue weighted by molar-refractivity contribution is 0.0711. The molecule has 7 heteroatoms. The molecule has 0 bridgehead atoms. The molecule has 2 aromatic heterocycles. The molecular weight excluding hydrogens is 350 g/mol. The van der Waals surface area contributed by atoms with Gasteiger partial charge in [-0.3, -0.25) is 4.90 Å². The summed E-state index contributed by atoms with van der Waals surface area (Å²) in [5, 5.41) is 0. The third kappa shape index (κ3) is 2.70. The molecule has 1 N–H and O–H groups in total. The van der Waals surface area contributed by atoms with E-state index in [-0.39, 0.29) is 5.54 Å². The van der Waals surface area contributed by atoms with E-state index in [1.807, 2.05) is 25.3 Å². The van der Waals surface area contributed by atoms with Crippen LogP contribution in [0.5, 0.6) is 0 Å². The average Bonchev–Trinajstić information content (AvgIpc) is 3.21. The Morgan fingerprint density at radius 1 is 1.04 bits per heavy atom. The fraction of sp³-hybridized carbons (Fsp3) is 0.667. The lowest BCUT2D eigenvalue weighted by Gasteiger charge is -2.49. The number of anilines is 2. The largest absolute Gasteiger partial charge is 0.356 e. The van der Waals surface area contributed by atoms with Crippen LogP contribution in [0.15, 0.2) is 6.33 Å². The van der Waals surface area contributed by atoms with E-state index in [1.165, 1.54) is 41.3 Å². The molecule has 0 unspecified atom stereocenters. The Balaban J connectivity index is 1.46. The van der Waals surface area contributed by atoms with Crippen molar-refractivity contribution in [1.29, 1.82) is 0 Å². The number of fused-ring (bicyclic) bond motifs is 3. The van der Waals surface area contributed by atoms with Gasteiger partial charge in [-0.1, -0.05) is 0 Å². The Kier molecular flexibility index (Phi) is 4.30. The van der Waals surface area contributed by atoms with E-state index in [4.69, 9.17) is 15.0 Å². The number of nitrogens with one attached hydrogen (secondary N) is 1. The number of H-pyrrole nitrogens is 1. The first kappa shape index (κ1) is 17.9. The number of aromatic nitrogens is 4. The number of hydrogen-bond acceptors (Lipinski definition) is 6. The molecule has 2 aliphatic heterocycles. The minimum absolute atomic E-state index is 0.0710. The van der Waals surface area contributed by atoms with Crippen molar-refractivity contribution in [3.63, 3.8) is 0 Å². The van der Waals surface area contributed by atoms with Crippen LogP contribution in [-0.4, -0.2) is 65.6 Å². The van der Waals surface area contributed by atoms with Crippen LogP contribution in [0, 0.1) is 0 Å². The van der Waals surface area contributed by atoms with Crippen molar-refractivity contribution in [2.45, 2.75) is 50.5 Å². The first-order valence-corrected chi connectivity index (χ1v) is 10.6. The zero-order valence-electron chi connectivity index (χ0n) is 17.3. The fourth-order valence-electron chi connectivity index (χ4n) is 5.32. The predicted octanol–water partition coefficient (Wildman–Crippen LogP) is 2.13. The van der Waals surface area contributed by atoms with Crippen LogP contribution in [0.1, 0.15) is 48.3 Å². The van der Waals surface area contributed by atoms with Gasteiger partial charge in [0.25, 0.3) is 0 Å². The summed E-state index contributed by atoms with van der Waals surface area (Å²) in [6.45, 7) is 3.14. The van der Waals surface area contributed by atoms with E-state index in [0.29, 0.717) is 0 Å². The van der Waals surface area contributed by atoms with Crippen molar-refractivity contribution < 1.29 is 0 Å². The van der Waals surface area contributed by atoms with Crippen LogP contribution in [0.3, 0.4) is 0 Å². The zero-order valence-corrected chi connectivity index (χ0v) is 17.3. The van der Waals surface area contributed by atoms with Crippen molar-refractivity contribution in [1.82, 2.24) is 24.8 Å². The van der Waals surface area contributed by atoms with E-state index in [0.717, 1.165) is 57.7 Å². The van der Waals surface area contributed by atoms with Gasteiger partial charge in [-0.15, -0.1) is 0 Å². The van der Waals surface area contributed by atoms with Crippen LogP contribution in [0.2, 0.25) is 0 Å². The third-order valence-electron chi connectivity index (χ3n) is 7.03. The first-order valence-electron chi connectivity index (χ1n) is 10.6. The van der Waals surface area contributed by atoms with Gasteiger partial charge >= 0.3 is 0 Å². The molecule has 0 saturated carbocycles. The van der Waals surface area contributed by atoms with Gasteiger partial charge in [-0.25, -0.2) is 9.97 Å². The number of imidazole rings is 1. The Bertz CT molecular complexity index is 864. The number of aromatic amines is 1. The Morgan fingerprint density at radius 3 is 2.61 bits per heavy atom. The monoisotopic (exact) mass is 381 g/mol. The van der Waals surface area contributed by atoms with Crippen LogP contribution >= 0.6 is 0 Å². The molecule has 1 fully saturated rings. The van der Waals surface area contributed by atoms with Crippen molar-refractivity contribution in [2.24, 2.45) is 0 Å². The van der Waals surface area contributed by atoms with E-state index in [1.54, 1.807) is 0 Å². The number of likely N-dealkylation sites (N-methyl/N-ethyl adjacent to an activating group) is 1. The highest BCUT2D eigenvalue weighted by molar-refractivity contribution is 5.54. The summed E-state index contributed by atoms with van der Waals surface area (Å²) in [7, 11) is 6.34. The molecule has 150 valence electrons. The molecule has 1 spiro atoms. The highest BCUT2D eigenvalue weighted by atomic mass is 15.3.